The minimum Gasteiger partial charge on any atom is -0.508 e. The zero-order chi connectivity index (χ0) is 12.3. The van der Waals surface area contributed by atoms with Crippen molar-refractivity contribution in [1.82, 2.24) is 4.98 Å². The van der Waals surface area contributed by atoms with Crippen molar-refractivity contribution in [1.29, 1.82) is 0 Å². The van der Waals surface area contributed by atoms with E-state index in [2.05, 4.69) is 4.98 Å². The van der Waals surface area contributed by atoms with Crippen LogP contribution in [0.1, 0.15) is 25.3 Å². The van der Waals surface area contributed by atoms with Crippen molar-refractivity contribution in [3.8, 4) is 17.4 Å². The summed E-state index contributed by atoms with van der Waals surface area (Å²) in [6.07, 6.45) is 1.68. The van der Waals surface area contributed by atoms with E-state index >= 15 is 0 Å². The smallest absolute Gasteiger partial charge is 0.219 e. The number of rotatable bonds is 3. The Morgan fingerprint density at radius 1 is 1.18 bits per heavy atom. The fourth-order valence-corrected chi connectivity index (χ4v) is 1.59. The molecule has 0 aliphatic rings. The summed E-state index contributed by atoms with van der Waals surface area (Å²) in [5.41, 5.74) is 0.874. The number of nitrogens with zero attached hydrogens (tertiary/aromatic N) is 1. The van der Waals surface area contributed by atoms with Gasteiger partial charge in [-0.2, -0.15) is 0 Å². The summed E-state index contributed by atoms with van der Waals surface area (Å²) in [5, 5.41) is 9.70. The fourth-order valence-electron chi connectivity index (χ4n) is 1.59. The summed E-state index contributed by atoms with van der Waals surface area (Å²) >= 11 is 0. The van der Waals surface area contributed by atoms with E-state index in [-0.39, 0.29) is 5.92 Å². The van der Waals surface area contributed by atoms with Gasteiger partial charge in [-0.05, 0) is 30.2 Å². The van der Waals surface area contributed by atoms with Gasteiger partial charge in [0.2, 0.25) is 5.88 Å². The highest BCUT2D eigenvalue weighted by molar-refractivity contribution is 5.42. The number of hydrogen-bond donors (Lipinski definition) is 1. The van der Waals surface area contributed by atoms with Crippen molar-refractivity contribution in [2.75, 3.05) is 0 Å². The normalized spacial score (nSPS) is 10.5. The van der Waals surface area contributed by atoms with Crippen LogP contribution < -0.4 is 4.74 Å². The number of hydrogen-bond acceptors (Lipinski definition) is 3. The van der Waals surface area contributed by atoms with Gasteiger partial charge in [0.1, 0.15) is 11.5 Å². The number of aromatic hydroxyl groups is 1. The predicted molar refractivity (Wildman–Crippen MR) is 66.5 cm³/mol. The van der Waals surface area contributed by atoms with E-state index in [1.54, 1.807) is 24.4 Å². The molecule has 3 heteroatoms. The number of phenols is 1. The molecule has 0 unspecified atom stereocenters. The van der Waals surface area contributed by atoms with Crippen LogP contribution >= 0.6 is 0 Å². The van der Waals surface area contributed by atoms with E-state index in [0.717, 1.165) is 5.56 Å². The summed E-state index contributed by atoms with van der Waals surface area (Å²) in [5.74, 6) is 1.79. The minimum atomic E-state index is 0.252. The first-order valence-electron chi connectivity index (χ1n) is 5.58. The number of aromatic nitrogens is 1. The Morgan fingerprint density at radius 2 is 2.00 bits per heavy atom. The third kappa shape index (κ3) is 2.75. The van der Waals surface area contributed by atoms with Gasteiger partial charge < -0.3 is 9.84 Å². The molecule has 1 aromatic carbocycles. The molecule has 0 aliphatic carbocycles. The molecule has 0 saturated carbocycles. The lowest BCUT2D eigenvalue weighted by molar-refractivity contribution is 0.447. The van der Waals surface area contributed by atoms with Crippen molar-refractivity contribution < 1.29 is 9.84 Å². The lowest BCUT2D eigenvalue weighted by atomic mass is 10.0. The zero-order valence-electron chi connectivity index (χ0n) is 9.92. The van der Waals surface area contributed by atoms with E-state index in [0.29, 0.717) is 17.4 Å². The molecule has 2 rings (SSSR count). The molecule has 3 nitrogen and oxygen atoms in total. The minimum absolute atomic E-state index is 0.252. The molecular formula is C14H15NO2. The van der Waals surface area contributed by atoms with Gasteiger partial charge in [-0.1, -0.05) is 19.9 Å². The second kappa shape index (κ2) is 4.87. The van der Waals surface area contributed by atoms with Crippen molar-refractivity contribution >= 4 is 0 Å². The second-order valence-corrected chi connectivity index (χ2v) is 4.15. The van der Waals surface area contributed by atoms with Gasteiger partial charge in [0.05, 0.1) is 0 Å². The highest BCUT2D eigenvalue weighted by Gasteiger charge is 2.08. The molecule has 1 aromatic heterocycles. The Hall–Kier alpha value is -2.03. The Balaban J connectivity index is 2.26. The van der Waals surface area contributed by atoms with Crippen LogP contribution in [0.3, 0.4) is 0 Å². The average Bonchev–Trinajstić information content (AvgIpc) is 2.32. The molecule has 0 fully saturated rings. The van der Waals surface area contributed by atoms with Crippen LogP contribution in [-0.2, 0) is 0 Å². The molecule has 0 amide bonds. The quantitative estimate of drug-likeness (QED) is 0.872. The van der Waals surface area contributed by atoms with Crippen LogP contribution in [0.5, 0.6) is 17.4 Å². The van der Waals surface area contributed by atoms with Gasteiger partial charge >= 0.3 is 0 Å². The first kappa shape index (κ1) is 11.5. The monoisotopic (exact) mass is 229 g/mol. The molecule has 2 aromatic rings. The van der Waals surface area contributed by atoms with Gasteiger partial charge in [0.15, 0.2) is 0 Å². The van der Waals surface area contributed by atoms with Crippen molar-refractivity contribution in [3.05, 3.63) is 48.2 Å². The molecule has 0 atom stereocenters. The first-order chi connectivity index (χ1) is 8.16. The van der Waals surface area contributed by atoms with Crippen LogP contribution in [0.4, 0.5) is 0 Å². The lowest BCUT2D eigenvalue weighted by Crippen LogP contribution is -1.91. The molecule has 17 heavy (non-hydrogen) atoms. The van der Waals surface area contributed by atoms with E-state index in [9.17, 15) is 5.11 Å². The number of benzene rings is 1. The number of pyridine rings is 1. The molecule has 0 bridgehead atoms. The van der Waals surface area contributed by atoms with Crippen LogP contribution in [0.15, 0.2) is 42.6 Å². The highest BCUT2D eigenvalue weighted by Crippen LogP contribution is 2.30. The largest absolute Gasteiger partial charge is 0.508 e. The summed E-state index contributed by atoms with van der Waals surface area (Å²) in [6.45, 7) is 4.05. The SMILES string of the molecule is CC(C)c1cc(Oc2ccccn2)ccc1O. The Labute approximate surface area is 101 Å². The van der Waals surface area contributed by atoms with Gasteiger partial charge in [0, 0.05) is 17.8 Å². The van der Waals surface area contributed by atoms with Crippen LogP contribution in [0.25, 0.3) is 0 Å². The third-order valence-electron chi connectivity index (χ3n) is 2.48. The van der Waals surface area contributed by atoms with Gasteiger partial charge in [-0.15, -0.1) is 0 Å². The van der Waals surface area contributed by atoms with E-state index in [1.807, 2.05) is 32.0 Å². The number of phenolic OH excluding ortho intramolecular Hbond substituents is 1. The molecular weight excluding hydrogens is 214 g/mol. The standard InChI is InChI=1S/C14H15NO2/c1-10(2)12-9-11(6-7-13(12)16)17-14-5-3-4-8-15-14/h3-10,16H,1-2H3. The van der Waals surface area contributed by atoms with Crippen LogP contribution in [0, 0.1) is 0 Å². The van der Waals surface area contributed by atoms with Crippen molar-refractivity contribution in [3.63, 3.8) is 0 Å². The molecule has 0 aliphatic heterocycles. The fraction of sp³-hybridized carbons (Fsp3) is 0.214. The highest BCUT2D eigenvalue weighted by atomic mass is 16.5. The van der Waals surface area contributed by atoms with Gasteiger partial charge in [0.25, 0.3) is 0 Å². The molecule has 0 radical (unpaired) electrons. The predicted octanol–water partition coefficient (Wildman–Crippen LogP) is 3.70. The second-order valence-electron chi connectivity index (χ2n) is 4.15. The Bertz CT molecular complexity index is 495. The van der Waals surface area contributed by atoms with Gasteiger partial charge in [-0.25, -0.2) is 4.98 Å². The summed E-state index contributed by atoms with van der Waals surface area (Å²) < 4.78 is 5.60. The lowest BCUT2D eigenvalue weighted by Gasteiger charge is -2.11. The van der Waals surface area contributed by atoms with Gasteiger partial charge in [-0.3, -0.25) is 0 Å². The maximum absolute atomic E-state index is 9.70. The molecule has 88 valence electrons. The van der Waals surface area contributed by atoms with Crippen LogP contribution in [0.2, 0.25) is 0 Å². The van der Waals surface area contributed by atoms with E-state index in [4.69, 9.17) is 4.74 Å². The molecule has 1 N–H and O–H groups in total. The van der Waals surface area contributed by atoms with E-state index < -0.39 is 0 Å². The average molecular weight is 229 g/mol. The summed E-state index contributed by atoms with van der Waals surface area (Å²) in [7, 11) is 0. The third-order valence-corrected chi connectivity index (χ3v) is 2.48. The summed E-state index contributed by atoms with van der Waals surface area (Å²) in [6, 6.07) is 10.7. The van der Waals surface area contributed by atoms with E-state index in [1.165, 1.54) is 0 Å². The molecule has 0 saturated heterocycles. The Morgan fingerprint density at radius 3 is 2.65 bits per heavy atom. The Kier molecular flexibility index (Phi) is 3.28. The maximum atomic E-state index is 9.70. The number of ether oxygens (including phenoxy) is 1. The maximum Gasteiger partial charge on any atom is 0.219 e. The topological polar surface area (TPSA) is 42.4 Å². The molecule has 0 spiro atoms. The van der Waals surface area contributed by atoms with Crippen molar-refractivity contribution in [2.24, 2.45) is 0 Å². The van der Waals surface area contributed by atoms with Crippen LogP contribution in [-0.4, -0.2) is 10.1 Å². The molecule has 1 heterocycles. The van der Waals surface area contributed by atoms with Crippen molar-refractivity contribution in [2.45, 2.75) is 19.8 Å². The zero-order valence-corrected chi connectivity index (χ0v) is 9.92. The first-order valence-corrected chi connectivity index (χ1v) is 5.58. The summed E-state index contributed by atoms with van der Waals surface area (Å²) in [4.78, 5) is 4.09.